The zero-order valence-corrected chi connectivity index (χ0v) is 12.5. The maximum absolute atomic E-state index is 12.9. The number of thiazole rings is 1. The molecule has 0 spiro atoms. The Kier molecular flexibility index (Phi) is 3.58. The Labute approximate surface area is 127 Å². The number of thiophene rings is 1. The second-order valence-electron chi connectivity index (χ2n) is 3.78. The molecule has 0 bridgehead atoms. The van der Waals surface area contributed by atoms with E-state index in [2.05, 4.69) is 4.98 Å². The van der Waals surface area contributed by atoms with Crippen LogP contribution >= 0.6 is 45.9 Å². The van der Waals surface area contributed by atoms with Gasteiger partial charge in [-0.3, -0.25) is 0 Å². The van der Waals surface area contributed by atoms with Gasteiger partial charge in [0.2, 0.25) is 0 Å². The average Bonchev–Trinajstić information content (AvgIpc) is 2.99. The number of benzene rings is 1. The Hall–Kier alpha value is -0.940. The lowest BCUT2D eigenvalue weighted by Gasteiger charge is -1.95. The maximum atomic E-state index is 12.9. The third kappa shape index (κ3) is 2.67. The largest absolute Gasteiger partial charge is 0.235 e. The van der Waals surface area contributed by atoms with Gasteiger partial charge in [0.15, 0.2) is 0 Å². The summed E-state index contributed by atoms with van der Waals surface area (Å²) in [6.07, 6.45) is 0. The van der Waals surface area contributed by atoms with Gasteiger partial charge in [-0.1, -0.05) is 23.2 Å². The zero-order chi connectivity index (χ0) is 13.4. The molecule has 0 atom stereocenters. The van der Waals surface area contributed by atoms with Crippen molar-refractivity contribution in [1.29, 1.82) is 0 Å². The molecular weight excluding hydrogens is 324 g/mol. The molecule has 0 saturated carbocycles. The van der Waals surface area contributed by atoms with Crippen LogP contribution in [0.2, 0.25) is 9.36 Å². The van der Waals surface area contributed by atoms with E-state index in [1.54, 1.807) is 18.2 Å². The molecule has 3 rings (SSSR count). The first-order valence-corrected chi connectivity index (χ1v) is 7.75. The minimum absolute atomic E-state index is 0.252. The van der Waals surface area contributed by atoms with Crippen molar-refractivity contribution in [3.63, 3.8) is 0 Å². The van der Waals surface area contributed by atoms with Crippen LogP contribution in [0.25, 0.3) is 21.1 Å². The van der Waals surface area contributed by atoms with Crippen LogP contribution in [-0.4, -0.2) is 4.98 Å². The Bertz CT molecular complexity index is 699. The number of rotatable bonds is 2. The third-order valence-corrected chi connectivity index (χ3v) is 5.27. The summed E-state index contributed by atoms with van der Waals surface area (Å²) < 4.78 is 13.4. The summed E-state index contributed by atoms with van der Waals surface area (Å²) in [5.74, 6) is -0.252. The van der Waals surface area contributed by atoms with Crippen molar-refractivity contribution in [2.75, 3.05) is 0 Å². The second-order valence-corrected chi connectivity index (χ2v) is 6.70. The van der Waals surface area contributed by atoms with Crippen LogP contribution in [-0.2, 0) is 0 Å². The lowest BCUT2D eigenvalue weighted by Crippen LogP contribution is -1.78. The van der Waals surface area contributed by atoms with Gasteiger partial charge in [-0.05, 0) is 30.3 Å². The van der Waals surface area contributed by atoms with Gasteiger partial charge in [-0.2, -0.15) is 0 Å². The number of aromatic nitrogens is 1. The summed E-state index contributed by atoms with van der Waals surface area (Å²) in [5, 5.41) is 3.32. The van der Waals surface area contributed by atoms with Crippen LogP contribution in [0.5, 0.6) is 0 Å². The van der Waals surface area contributed by atoms with Gasteiger partial charge >= 0.3 is 0 Å². The van der Waals surface area contributed by atoms with E-state index in [4.69, 9.17) is 23.2 Å². The van der Waals surface area contributed by atoms with E-state index in [1.165, 1.54) is 34.8 Å². The molecule has 2 aromatic heterocycles. The highest BCUT2D eigenvalue weighted by Gasteiger charge is 2.11. The molecule has 6 heteroatoms. The smallest absolute Gasteiger partial charge is 0.124 e. The van der Waals surface area contributed by atoms with Crippen molar-refractivity contribution in [3.8, 4) is 21.1 Å². The zero-order valence-electron chi connectivity index (χ0n) is 9.36. The summed E-state index contributed by atoms with van der Waals surface area (Å²) in [7, 11) is 0. The van der Waals surface area contributed by atoms with E-state index in [-0.39, 0.29) is 5.82 Å². The number of halogens is 3. The van der Waals surface area contributed by atoms with E-state index >= 15 is 0 Å². The van der Waals surface area contributed by atoms with Crippen molar-refractivity contribution in [3.05, 3.63) is 50.9 Å². The van der Waals surface area contributed by atoms with Crippen molar-refractivity contribution < 1.29 is 4.39 Å². The highest BCUT2D eigenvalue weighted by Crippen LogP contribution is 2.39. The highest BCUT2D eigenvalue weighted by molar-refractivity contribution is 7.20. The molecule has 1 aromatic carbocycles. The molecular formula is C13H6Cl2FNS2. The summed E-state index contributed by atoms with van der Waals surface area (Å²) in [5.41, 5.74) is 1.73. The fourth-order valence-electron chi connectivity index (χ4n) is 1.58. The van der Waals surface area contributed by atoms with Gasteiger partial charge in [0, 0.05) is 10.9 Å². The fraction of sp³-hybridized carbons (Fsp3) is 0. The van der Waals surface area contributed by atoms with Gasteiger partial charge in [-0.25, -0.2) is 9.37 Å². The molecule has 0 amide bonds. The molecule has 0 radical (unpaired) electrons. The summed E-state index contributed by atoms with van der Waals surface area (Å²) >= 11 is 14.8. The Morgan fingerprint density at radius 1 is 1.11 bits per heavy atom. The molecule has 3 aromatic rings. The Morgan fingerprint density at radius 2 is 1.84 bits per heavy atom. The molecule has 96 valence electrons. The van der Waals surface area contributed by atoms with E-state index in [0.717, 1.165) is 21.1 Å². The topological polar surface area (TPSA) is 12.9 Å². The molecule has 0 aliphatic heterocycles. The molecule has 19 heavy (non-hydrogen) atoms. The average molecular weight is 330 g/mol. The van der Waals surface area contributed by atoms with Crippen LogP contribution in [0.4, 0.5) is 4.39 Å². The Balaban J connectivity index is 1.97. The molecule has 1 nitrogen and oxygen atoms in total. The quantitative estimate of drug-likeness (QED) is 0.563. The molecule has 2 heterocycles. The summed E-state index contributed by atoms with van der Waals surface area (Å²) in [6, 6.07) is 8.08. The first kappa shape index (κ1) is 13.1. The lowest BCUT2D eigenvalue weighted by molar-refractivity contribution is 0.628. The van der Waals surface area contributed by atoms with Crippen molar-refractivity contribution >= 4 is 45.9 Å². The SMILES string of the molecule is Fc1ccc(-c2nc(-c3cc(Cl)c(Cl)s3)cs2)cc1. The van der Waals surface area contributed by atoms with Crippen molar-refractivity contribution in [2.45, 2.75) is 0 Å². The predicted octanol–water partition coefficient (Wildman–Crippen LogP) is 5.98. The monoisotopic (exact) mass is 329 g/mol. The predicted molar refractivity (Wildman–Crippen MR) is 80.8 cm³/mol. The maximum Gasteiger partial charge on any atom is 0.124 e. The summed E-state index contributed by atoms with van der Waals surface area (Å²) in [6.45, 7) is 0. The van der Waals surface area contributed by atoms with E-state index in [1.807, 2.05) is 5.38 Å². The standard InChI is InChI=1S/C13H6Cl2FNS2/c14-9-5-11(19-12(9)15)10-6-18-13(17-10)7-1-3-8(16)4-2-7/h1-6H. The van der Waals surface area contributed by atoms with E-state index < -0.39 is 0 Å². The fourth-order valence-corrected chi connectivity index (χ4v) is 3.81. The molecule has 0 aliphatic carbocycles. The Morgan fingerprint density at radius 3 is 2.47 bits per heavy atom. The van der Waals surface area contributed by atoms with Gasteiger partial charge in [0.05, 0.1) is 15.6 Å². The number of hydrogen-bond acceptors (Lipinski definition) is 3. The highest BCUT2D eigenvalue weighted by atomic mass is 35.5. The van der Waals surface area contributed by atoms with Crippen LogP contribution in [0.3, 0.4) is 0 Å². The lowest BCUT2D eigenvalue weighted by atomic mass is 10.2. The third-order valence-electron chi connectivity index (χ3n) is 2.49. The van der Waals surface area contributed by atoms with Crippen LogP contribution < -0.4 is 0 Å². The van der Waals surface area contributed by atoms with Gasteiger partial charge in [-0.15, -0.1) is 22.7 Å². The molecule has 0 unspecified atom stereocenters. The van der Waals surface area contributed by atoms with Gasteiger partial charge < -0.3 is 0 Å². The molecule has 0 aliphatic rings. The number of nitrogens with zero attached hydrogens (tertiary/aromatic N) is 1. The first-order valence-electron chi connectivity index (χ1n) is 5.30. The van der Waals surface area contributed by atoms with E-state index in [9.17, 15) is 4.39 Å². The minimum Gasteiger partial charge on any atom is -0.235 e. The second kappa shape index (κ2) is 5.21. The van der Waals surface area contributed by atoms with Crippen LogP contribution in [0, 0.1) is 5.82 Å². The molecule has 0 saturated heterocycles. The molecule has 0 N–H and O–H groups in total. The normalized spacial score (nSPS) is 10.9. The van der Waals surface area contributed by atoms with Gasteiger partial charge in [0.1, 0.15) is 15.2 Å². The van der Waals surface area contributed by atoms with Crippen molar-refractivity contribution in [1.82, 2.24) is 4.98 Å². The van der Waals surface area contributed by atoms with Crippen molar-refractivity contribution in [2.24, 2.45) is 0 Å². The van der Waals surface area contributed by atoms with Gasteiger partial charge in [0.25, 0.3) is 0 Å². The minimum atomic E-state index is -0.252. The molecule has 0 fully saturated rings. The van der Waals surface area contributed by atoms with Crippen LogP contribution in [0.1, 0.15) is 0 Å². The summed E-state index contributed by atoms with van der Waals surface area (Å²) in [4.78, 5) is 5.45. The van der Waals surface area contributed by atoms with E-state index in [0.29, 0.717) is 9.36 Å². The number of hydrogen-bond donors (Lipinski definition) is 0. The first-order chi connectivity index (χ1) is 9.13. The van der Waals surface area contributed by atoms with Crippen LogP contribution in [0.15, 0.2) is 35.7 Å².